The highest BCUT2D eigenvalue weighted by Crippen LogP contribution is 2.28. The molecule has 0 aliphatic heterocycles. The van der Waals surface area contributed by atoms with Crippen LogP contribution in [0.5, 0.6) is 0 Å². The van der Waals surface area contributed by atoms with Crippen molar-refractivity contribution in [3.63, 3.8) is 0 Å². The molecular weight excluding hydrogens is 321 g/mol. The van der Waals surface area contributed by atoms with Crippen LogP contribution in [0, 0.1) is 5.82 Å². The standard InChI is InChI=1S/C15H23BrFN3/c16-12-10-14(17)15(19-11-12)20(9-5-8-18)13-6-3-1-2-4-7-13/h10-11,13H,1-9,18H2. The third-order valence-electron chi connectivity index (χ3n) is 3.93. The van der Waals surface area contributed by atoms with Crippen LogP contribution >= 0.6 is 15.9 Å². The van der Waals surface area contributed by atoms with Gasteiger partial charge >= 0.3 is 0 Å². The molecule has 1 fully saturated rings. The van der Waals surface area contributed by atoms with Crippen molar-refractivity contribution in [1.29, 1.82) is 0 Å². The largest absolute Gasteiger partial charge is 0.351 e. The van der Waals surface area contributed by atoms with E-state index in [9.17, 15) is 4.39 Å². The van der Waals surface area contributed by atoms with E-state index in [1.54, 1.807) is 6.20 Å². The lowest BCUT2D eigenvalue weighted by Crippen LogP contribution is -2.38. The SMILES string of the molecule is NCCCN(c1ncc(Br)cc1F)C1CCCCCC1. The van der Waals surface area contributed by atoms with Crippen molar-refractivity contribution >= 4 is 21.7 Å². The first kappa shape index (κ1) is 15.7. The summed E-state index contributed by atoms with van der Waals surface area (Å²) in [5, 5.41) is 0. The highest BCUT2D eigenvalue weighted by molar-refractivity contribution is 9.10. The van der Waals surface area contributed by atoms with Crippen LogP contribution in [-0.4, -0.2) is 24.1 Å². The molecule has 3 nitrogen and oxygen atoms in total. The van der Waals surface area contributed by atoms with Gasteiger partial charge in [0.05, 0.1) is 0 Å². The van der Waals surface area contributed by atoms with Crippen molar-refractivity contribution < 1.29 is 4.39 Å². The van der Waals surface area contributed by atoms with Crippen LogP contribution in [0.3, 0.4) is 0 Å². The summed E-state index contributed by atoms with van der Waals surface area (Å²) in [5.74, 6) is 0.231. The predicted molar refractivity (Wildman–Crippen MR) is 84.4 cm³/mol. The molecule has 2 N–H and O–H groups in total. The molecule has 112 valence electrons. The van der Waals surface area contributed by atoms with E-state index in [4.69, 9.17) is 5.73 Å². The van der Waals surface area contributed by atoms with Gasteiger partial charge in [-0.1, -0.05) is 25.7 Å². The van der Waals surface area contributed by atoms with Crippen molar-refractivity contribution in [2.24, 2.45) is 5.73 Å². The average molecular weight is 344 g/mol. The molecule has 1 aliphatic rings. The van der Waals surface area contributed by atoms with Crippen LogP contribution in [0.1, 0.15) is 44.9 Å². The molecule has 1 aromatic rings. The molecule has 0 saturated heterocycles. The van der Waals surface area contributed by atoms with E-state index >= 15 is 0 Å². The number of hydrogen-bond donors (Lipinski definition) is 1. The molecule has 20 heavy (non-hydrogen) atoms. The zero-order valence-electron chi connectivity index (χ0n) is 11.8. The number of rotatable bonds is 5. The maximum Gasteiger partial charge on any atom is 0.166 e. The highest BCUT2D eigenvalue weighted by atomic mass is 79.9. The molecule has 0 radical (unpaired) electrons. The van der Waals surface area contributed by atoms with Gasteiger partial charge in [-0.2, -0.15) is 0 Å². The van der Waals surface area contributed by atoms with E-state index in [0.717, 1.165) is 25.8 Å². The zero-order chi connectivity index (χ0) is 14.4. The Morgan fingerprint density at radius 2 is 2.00 bits per heavy atom. The van der Waals surface area contributed by atoms with Crippen LogP contribution in [0.2, 0.25) is 0 Å². The van der Waals surface area contributed by atoms with Gasteiger partial charge in [-0.3, -0.25) is 0 Å². The van der Waals surface area contributed by atoms with E-state index in [1.165, 1.54) is 31.7 Å². The first-order valence-corrected chi connectivity index (χ1v) is 8.29. The Morgan fingerprint density at radius 1 is 1.30 bits per heavy atom. The minimum atomic E-state index is -0.249. The van der Waals surface area contributed by atoms with Gasteiger partial charge in [0.15, 0.2) is 11.6 Å². The average Bonchev–Trinajstić information content (AvgIpc) is 2.70. The fourth-order valence-electron chi connectivity index (χ4n) is 2.91. The van der Waals surface area contributed by atoms with Crippen molar-refractivity contribution in [3.05, 3.63) is 22.6 Å². The third-order valence-corrected chi connectivity index (χ3v) is 4.36. The van der Waals surface area contributed by atoms with Gasteiger partial charge in [-0.25, -0.2) is 9.37 Å². The van der Waals surface area contributed by atoms with Crippen molar-refractivity contribution in [3.8, 4) is 0 Å². The minimum Gasteiger partial charge on any atom is -0.351 e. The molecule has 2 rings (SSSR count). The zero-order valence-corrected chi connectivity index (χ0v) is 13.4. The Hall–Kier alpha value is -0.680. The molecule has 1 heterocycles. The molecule has 0 unspecified atom stereocenters. The van der Waals surface area contributed by atoms with Gasteiger partial charge in [0, 0.05) is 23.3 Å². The lowest BCUT2D eigenvalue weighted by atomic mass is 10.1. The maximum absolute atomic E-state index is 14.2. The third kappa shape index (κ3) is 4.16. The van der Waals surface area contributed by atoms with Gasteiger partial charge in [0.25, 0.3) is 0 Å². The summed E-state index contributed by atoms with van der Waals surface area (Å²) in [5.41, 5.74) is 5.63. The summed E-state index contributed by atoms with van der Waals surface area (Å²) in [6.45, 7) is 1.41. The van der Waals surface area contributed by atoms with Crippen molar-refractivity contribution in [2.75, 3.05) is 18.0 Å². The molecule has 0 amide bonds. The second kappa shape index (κ2) is 7.93. The molecule has 1 aromatic heterocycles. The Bertz CT molecular complexity index is 420. The van der Waals surface area contributed by atoms with Crippen LogP contribution in [0.4, 0.5) is 10.2 Å². The normalized spacial score (nSPS) is 16.9. The van der Waals surface area contributed by atoms with Gasteiger partial charge in [0.1, 0.15) is 0 Å². The number of nitrogens with two attached hydrogens (primary N) is 1. The summed E-state index contributed by atoms with van der Waals surface area (Å²) in [6.07, 6.45) is 9.82. The summed E-state index contributed by atoms with van der Waals surface area (Å²) in [4.78, 5) is 6.44. The van der Waals surface area contributed by atoms with E-state index in [1.807, 2.05) is 0 Å². The first-order chi connectivity index (χ1) is 9.72. The topological polar surface area (TPSA) is 42.1 Å². The lowest BCUT2D eigenvalue weighted by Gasteiger charge is -2.32. The smallest absolute Gasteiger partial charge is 0.166 e. The van der Waals surface area contributed by atoms with Crippen LogP contribution in [-0.2, 0) is 0 Å². The Morgan fingerprint density at radius 3 is 2.60 bits per heavy atom. The van der Waals surface area contributed by atoms with E-state index in [2.05, 4.69) is 25.8 Å². The number of hydrogen-bond acceptors (Lipinski definition) is 3. The number of aromatic nitrogens is 1. The van der Waals surface area contributed by atoms with Crippen LogP contribution < -0.4 is 10.6 Å². The monoisotopic (exact) mass is 343 g/mol. The van der Waals surface area contributed by atoms with Crippen molar-refractivity contribution in [2.45, 2.75) is 51.0 Å². The van der Waals surface area contributed by atoms with E-state index in [-0.39, 0.29) is 5.82 Å². The maximum atomic E-state index is 14.2. The summed E-state index contributed by atoms with van der Waals surface area (Å²) < 4.78 is 14.9. The Balaban J connectivity index is 2.20. The Labute approximate surface area is 128 Å². The minimum absolute atomic E-state index is 0.249. The summed E-state index contributed by atoms with van der Waals surface area (Å²) in [7, 11) is 0. The fourth-order valence-corrected chi connectivity index (χ4v) is 3.21. The van der Waals surface area contributed by atoms with Crippen LogP contribution in [0.25, 0.3) is 0 Å². The quantitative estimate of drug-likeness (QED) is 0.825. The van der Waals surface area contributed by atoms with Gasteiger partial charge in [-0.05, 0) is 47.8 Å². The highest BCUT2D eigenvalue weighted by Gasteiger charge is 2.23. The molecule has 5 heteroatoms. The second-order valence-electron chi connectivity index (χ2n) is 5.44. The lowest BCUT2D eigenvalue weighted by molar-refractivity contribution is 0.500. The van der Waals surface area contributed by atoms with Gasteiger partial charge < -0.3 is 10.6 Å². The molecule has 1 saturated carbocycles. The fraction of sp³-hybridized carbons (Fsp3) is 0.667. The molecule has 1 aliphatic carbocycles. The molecule has 0 aromatic carbocycles. The van der Waals surface area contributed by atoms with E-state index < -0.39 is 0 Å². The van der Waals surface area contributed by atoms with Crippen molar-refractivity contribution in [1.82, 2.24) is 4.98 Å². The second-order valence-corrected chi connectivity index (χ2v) is 6.36. The number of halogens is 2. The summed E-state index contributed by atoms with van der Waals surface area (Å²) in [6, 6.07) is 1.89. The molecular formula is C15H23BrFN3. The van der Waals surface area contributed by atoms with Gasteiger partial charge in [0.2, 0.25) is 0 Å². The first-order valence-electron chi connectivity index (χ1n) is 7.50. The molecule has 0 atom stereocenters. The number of nitrogens with zero attached hydrogens (tertiary/aromatic N) is 2. The van der Waals surface area contributed by atoms with Crippen LogP contribution in [0.15, 0.2) is 16.7 Å². The number of pyridine rings is 1. The number of anilines is 1. The predicted octanol–water partition coefficient (Wildman–Crippen LogP) is 3.86. The Kier molecular flexibility index (Phi) is 6.23. The molecule has 0 bridgehead atoms. The molecule has 0 spiro atoms. The van der Waals surface area contributed by atoms with Gasteiger partial charge in [-0.15, -0.1) is 0 Å². The van der Waals surface area contributed by atoms with E-state index in [0.29, 0.717) is 22.9 Å². The summed E-state index contributed by atoms with van der Waals surface area (Å²) >= 11 is 3.27.